The Morgan fingerprint density at radius 2 is 2.31 bits per heavy atom. The molecule has 0 N–H and O–H groups in total. The minimum atomic E-state index is 0.106. The Balaban J connectivity index is 2.21. The largest absolute Gasteiger partial charge is 0.379 e. The van der Waals surface area contributed by atoms with E-state index in [0.717, 1.165) is 32.5 Å². The third-order valence-electron chi connectivity index (χ3n) is 2.70. The van der Waals surface area contributed by atoms with Crippen LogP contribution in [0.15, 0.2) is 0 Å². The highest BCUT2D eigenvalue weighted by molar-refractivity contribution is 5.78. The fourth-order valence-corrected chi connectivity index (χ4v) is 1.72. The molecule has 0 saturated carbocycles. The number of amides is 1. The third-order valence-corrected chi connectivity index (χ3v) is 2.70. The molecule has 16 heavy (non-hydrogen) atoms. The summed E-state index contributed by atoms with van der Waals surface area (Å²) in [5.74, 6) is 0.106. The molecule has 1 rings (SSSR count). The van der Waals surface area contributed by atoms with E-state index in [1.54, 1.807) is 0 Å². The number of carbonyl (C=O) groups is 1. The molecule has 0 aliphatic carbocycles. The van der Waals surface area contributed by atoms with Gasteiger partial charge in [-0.2, -0.15) is 0 Å². The average Bonchev–Trinajstić information content (AvgIpc) is 2.26. The number of nitrogens with zero attached hydrogens (tertiary/aromatic N) is 1. The highest BCUT2D eigenvalue weighted by atomic mass is 16.5. The fraction of sp³-hybridized carbons (Fsp3) is 0.917. The van der Waals surface area contributed by atoms with Crippen molar-refractivity contribution < 1.29 is 14.3 Å². The van der Waals surface area contributed by atoms with Gasteiger partial charge in [0, 0.05) is 19.7 Å². The van der Waals surface area contributed by atoms with Crippen molar-refractivity contribution >= 4 is 5.91 Å². The Labute approximate surface area is 97.9 Å². The molecule has 1 amide bonds. The maximum Gasteiger partial charge on any atom is 0.248 e. The normalized spacial score (nSPS) is 21.9. The molecule has 0 radical (unpaired) electrons. The van der Waals surface area contributed by atoms with Crippen LogP contribution in [0, 0.1) is 0 Å². The van der Waals surface area contributed by atoms with Crippen LogP contribution < -0.4 is 0 Å². The highest BCUT2D eigenvalue weighted by Crippen LogP contribution is 2.09. The van der Waals surface area contributed by atoms with Crippen molar-refractivity contribution in [3.63, 3.8) is 0 Å². The lowest BCUT2D eigenvalue weighted by atomic mass is 10.2. The summed E-state index contributed by atoms with van der Waals surface area (Å²) in [4.78, 5) is 13.4. The quantitative estimate of drug-likeness (QED) is 0.647. The van der Waals surface area contributed by atoms with Crippen molar-refractivity contribution in [1.29, 1.82) is 0 Å². The van der Waals surface area contributed by atoms with Crippen LogP contribution in [0.5, 0.6) is 0 Å². The predicted molar refractivity (Wildman–Crippen MR) is 62.3 cm³/mol. The summed E-state index contributed by atoms with van der Waals surface area (Å²) < 4.78 is 10.8. The first kappa shape index (κ1) is 13.5. The summed E-state index contributed by atoms with van der Waals surface area (Å²) in [7, 11) is 0. The Hall–Kier alpha value is -0.610. The molecule has 1 saturated heterocycles. The second-order valence-corrected chi connectivity index (χ2v) is 4.45. The summed E-state index contributed by atoms with van der Waals surface area (Å²) in [5, 5.41) is 0. The van der Waals surface area contributed by atoms with E-state index < -0.39 is 0 Å². The minimum absolute atomic E-state index is 0.106. The van der Waals surface area contributed by atoms with Gasteiger partial charge in [-0.15, -0.1) is 0 Å². The molecule has 4 nitrogen and oxygen atoms in total. The number of ether oxygens (including phenoxy) is 2. The smallest absolute Gasteiger partial charge is 0.248 e. The number of rotatable bonds is 6. The summed E-state index contributed by atoms with van der Waals surface area (Å²) in [6.07, 6.45) is 2.35. The minimum Gasteiger partial charge on any atom is -0.379 e. The Kier molecular flexibility index (Phi) is 5.77. The second kappa shape index (κ2) is 6.86. The van der Waals surface area contributed by atoms with Crippen molar-refractivity contribution in [2.45, 2.75) is 45.8 Å². The molecule has 94 valence electrons. The van der Waals surface area contributed by atoms with Crippen molar-refractivity contribution in [3.05, 3.63) is 0 Å². The zero-order valence-corrected chi connectivity index (χ0v) is 10.6. The fourth-order valence-electron chi connectivity index (χ4n) is 1.72. The van der Waals surface area contributed by atoms with E-state index in [0.29, 0.717) is 0 Å². The predicted octanol–water partition coefficient (Wildman–Crippen LogP) is 1.44. The van der Waals surface area contributed by atoms with Crippen LogP contribution in [0.25, 0.3) is 0 Å². The van der Waals surface area contributed by atoms with E-state index in [4.69, 9.17) is 9.47 Å². The van der Waals surface area contributed by atoms with E-state index in [9.17, 15) is 4.79 Å². The lowest BCUT2D eigenvalue weighted by molar-refractivity contribution is -0.149. The van der Waals surface area contributed by atoms with Gasteiger partial charge in [0.05, 0.1) is 12.2 Å². The Morgan fingerprint density at radius 1 is 1.56 bits per heavy atom. The van der Waals surface area contributed by atoms with Gasteiger partial charge in [0.2, 0.25) is 5.91 Å². The van der Waals surface area contributed by atoms with Crippen LogP contribution in [-0.2, 0) is 14.3 Å². The first-order chi connectivity index (χ1) is 7.63. The highest BCUT2D eigenvalue weighted by Gasteiger charge is 2.24. The van der Waals surface area contributed by atoms with Crippen molar-refractivity contribution in [1.82, 2.24) is 4.90 Å². The van der Waals surface area contributed by atoms with Crippen LogP contribution in [0.4, 0.5) is 0 Å². The van der Waals surface area contributed by atoms with Crippen molar-refractivity contribution in [3.8, 4) is 0 Å². The number of hydrogen-bond donors (Lipinski definition) is 0. The van der Waals surface area contributed by atoms with E-state index in [2.05, 4.69) is 6.92 Å². The van der Waals surface area contributed by atoms with E-state index in [-0.39, 0.29) is 24.7 Å². The first-order valence-corrected chi connectivity index (χ1v) is 6.14. The van der Waals surface area contributed by atoms with Gasteiger partial charge in [-0.05, 0) is 26.7 Å². The van der Waals surface area contributed by atoms with E-state index in [1.165, 1.54) is 0 Å². The summed E-state index contributed by atoms with van der Waals surface area (Å²) in [6.45, 7) is 8.60. The van der Waals surface area contributed by atoms with E-state index in [1.807, 2.05) is 18.7 Å². The van der Waals surface area contributed by atoms with Gasteiger partial charge in [-0.25, -0.2) is 0 Å². The zero-order chi connectivity index (χ0) is 12.0. The zero-order valence-electron chi connectivity index (χ0n) is 10.6. The monoisotopic (exact) mass is 229 g/mol. The molecule has 1 unspecified atom stereocenters. The molecule has 0 aromatic rings. The first-order valence-electron chi connectivity index (χ1n) is 6.14. The SMILES string of the molecule is CCC1CN(CCCOC(C)C)C(=O)CO1. The maximum absolute atomic E-state index is 11.5. The standard InChI is InChI=1S/C12H23NO3/c1-4-11-8-13(12(14)9-16-11)6-5-7-15-10(2)3/h10-11H,4-9H2,1-3H3. The molecular weight excluding hydrogens is 206 g/mol. The molecule has 1 fully saturated rings. The van der Waals surface area contributed by atoms with Gasteiger partial charge < -0.3 is 14.4 Å². The summed E-state index contributed by atoms with van der Waals surface area (Å²) in [6, 6.07) is 0. The van der Waals surface area contributed by atoms with Gasteiger partial charge in [0.1, 0.15) is 6.61 Å². The molecule has 1 atom stereocenters. The van der Waals surface area contributed by atoms with Gasteiger partial charge >= 0.3 is 0 Å². The topological polar surface area (TPSA) is 38.8 Å². The molecule has 0 aromatic heterocycles. The van der Waals surface area contributed by atoms with Crippen molar-refractivity contribution in [2.24, 2.45) is 0 Å². The summed E-state index contributed by atoms with van der Waals surface area (Å²) in [5.41, 5.74) is 0. The van der Waals surface area contributed by atoms with Crippen molar-refractivity contribution in [2.75, 3.05) is 26.3 Å². The van der Waals surface area contributed by atoms with Crippen LogP contribution in [0.3, 0.4) is 0 Å². The molecule has 1 aliphatic rings. The van der Waals surface area contributed by atoms with Gasteiger partial charge in [-0.3, -0.25) is 4.79 Å². The number of hydrogen-bond acceptors (Lipinski definition) is 3. The summed E-state index contributed by atoms with van der Waals surface area (Å²) >= 11 is 0. The van der Waals surface area contributed by atoms with Crippen LogP contribution in [0.2, 0.25) is 0 Å². The Bertz CT molecular complexity index is 218. The van der Waals surface area contributed by atoms with Gasteiger partial charge in [0.25, 0.3) is 0 Å². The van der Waals surface area contributed by atoms with Gasteiger partial charge in [-0.1, -0.05) is 6.92 Å². The number of morpholine rings is 1. The van der Waals surface area contributed by atoms with Gasteiger partial charge in [0.15, 0.2) is 0 Å². The van der Waals surface area contributed by atoms with Crippen LogP contribution in [0.1, 0.15) is 33.6 Å². The van der Waals surface area contributed by atoms with E-state index >= 15 is 0 Å². The molecule has 1 aliphatic heterocycles. The Morgan fingerprint density at radius 3 is 2.94 bits per heavy atom. The molecule has 1 heterocycles. The second-order valence-electron chi connectivity index (χ2n) is 4.45. The van der Waals surface area contributed by atoms with Crippen LogP contribution >= 0.6 is 0 Å². The number of carbonyl (C=O) groups excluding carboxylic acids is 1. The molecule has 4 heteroatoms. The maximum atomic E-state index is 11.5. The molecule has 0 spiro atoms. The lowest BCUT2D eigenvalue weighted by Gasteiger charge is -2.32. The average molecular weight is 229 g/mol. The lowest BCUT2D eigenvalue weighted by Crippen LogP contribution is -2.46. The van der Waals surface area contributed by atoms with Crippen LogP contribution in [-0.4, -0.2) is 49.3 Å². The molecule has 0 bridgehead atoms. The molecular formula is C12H23NO3. The third kappa shape index (κ3) is 4.49. The molecule has 0 aromatic carbocycles.